The van der Waals surface area contributed by atoms with Crippen molar-refractivity contribution in [1.29, 1.82) is 0 Å². The van der Waals surface area contributed by atoms with Crippen LogP contribution in [0.25, 0.3) is 0 Å². The maximum Gasteiger partial charge on any atom is 0.241 e. The van der Waals surface area contributed by atoms with Crippen LogP contribution in [0.5, 0.6) is 0 Å². The van der Waals surface area contributed by atoms with Gasteiger partial charge in [0, 0.05) is 11.5 Å². The Balaban J connectivity index is 2.71. The van der Waals surface area contributed by atoms with Gasteiger partial charge in [-0.25, -0.2) is 0 Å². The zero-order valence-electron chi connectivity index (χ0n) is 14.0. The monoisotopic (exact) mass is 283 g/mol. The minimum atomic E-state index is -0.575. The number of nitrogens with zero attached hydrogens (tertiary/aromatic N) is 1. The molecule has 0 saturated heterocycles. The highest BCUT2D eigenvalue weighted by Crippen LogP contribution is 2.28. The van der Waals surface area contributed by atoms with Gasteiger partial charge in [0.25, 0.3) is 0 Å². The average Bonchev–Trinajstić information content (AvgIpc) is 2.75. The van der Waals surface area contributed by atoms with Crippen molar-refractivity contribution in [2.45, 2.75) is 66.2 Å². The predicted molar refractivity (Wildman–Crippen MR) is 80.7 cm³/mol. The van der Waals surface area contributed by atoms with Crippen LogP contribution in [-0.4, -0.2) is 35.6 Å². The number of allylic oxidation sites excluding steroid dienone is 1. The van der Waals surface area contributed by atoms with Crippen molar-refractivity contribution in [2.24, 2.45) is 5.41 Å². The van der Waals surface area contributed by atoms with Crippen LogP contribution in [0.4, 0.5) is 0 Å². The zero-order valence-corrected chi connectivity index (χ0v) is 14.0. The van der Waals surface area contributed by atoms with E-state index in [2.05, 4.69) is 45.4 Å². The van der Waals surface area contributed by atoms with Gasteiger partial charge in [-0.1, -0.05) is 20.8 Å². The first-order valence-corrected chi connectivity index (χ1v) is 7.15. The smallest absolute Gasteiger partial charge is 0.241 e. The molecule has 1 atom stereocenters. The first-order valence-electron chi connectivity index (χ1n) is 7.15. The van der Waals surface area contributed by atoms with E-state index in [1.165, 1.54) is 0 Å². The van der Waals surface area contributed by atoms with Gasteiger partial charge in [-0.05, 0) is 40.8 Å². The summed E-state index contributed by atoms with van der Waals surface area (Å²) in [6.45, 7) is 14.2. The fourth-order valence-corrected chi connectivity index (χ4v) is 1.94. The van der Waals surface area contributed by atoms with Crippen LogP contribution in [0.2, 0.25) is 0 Å². The number of carbonyl (C=O) groups is 1. The van der Waals surface area contributed by atoms with Crippen LogP contribution >= 0.6 is 0 Å². The molecule has 1 aliphatic rings. The summed E-state index contributed by atoms with van der Waals surface area (Å²) in [5.74, 6) is 0.819. The van der Waals surface area contributed by atoms with Gasteiger partial charge < -0.3 is 10.2 Å². The summed E-state index contributed by atoms with van der Waals surface area (Å²) in [5.41, 5.74) is 2.19. The van der Waals surface area contributed by atoms with Crippen LogP contribution in [0.1, 0.15) is 48.5 Å². The van der Waals surface area contributed by atoms with E-state index < -0.39 is 5.54 Å². The molecule has 116 valence electrons. The molecule has 1 rings (SSSR count). The van der Waals surface area contributed by atoms with Gasteiger partial charge in [0.2, 0.25) is 5.91 Å². The Morgan fingerprint density at radius 1 is 1.35 bits per heavy atom. The highest BCUT2D eigenvalue weighted by molar-refractivity contribution is 5.85. The average molecular weight is 283 g/mol. The molecule has 0 bridgehead atoms. The Morgan fingerprint density at radius 2 is 1.90 bits per heavy atom. The normalized spacial score (nSPS) is 20.1. The van der Waals surface area contributed by atoms with E-state index in [0.717, 1.165) is 5.76 Å². The SMILES string of the molecule is CC(C)N(C)C(C)(C)C(=O)NC1C=C(C(C)(C)C)ON1. The molecule has 2 N–H and O–H groups in total. The fourth-order valence-electron chi connectivity index (χ4n) is 1.94. The highest BCUT2D eigenvalue weighted by Gasteiger charge is 2.36. The Kier molecular flexibility index (Phi) is 4.87. The summed E-state index contributed by atoms with van der Waals surface area (Å²) >= 11 is 0. The molecular weight excluding hydrogens is 254 g/mol. The third kappa shape index (κ3) is 3.73. The molecule has 5 heteroatoms. The lowest BCUT2D eigenvalue weighted by atomic mass is 9.93. The summed E-state index contributed by atoms with van der Waals surface area (Å²) in [4.78, 5) is 19.9. The second-order valence-corrected chi connectivity index (χ2v) is 7.22. The molecule has 0 radical (unpaired) electrons. The van der Waals surface area contributed by atoms with Crippen molar-refractivity contribution in [1.82, 2.24) is 15.7 Å². The fraction of sp³-hybridized carbons (Fsp3) is 0.800. The van der Waals surface area contributed by atoms with E-state index in [9.17, 15) is 4.79 Å². The molecular formula is C15H29N3O2. The molecule has 1 unspecified atom stereocenters. The Bertz CT molecular complexity index is 394. The summed E-state index contributed by atoms with van der Waals surface area (Å²) in [7, 11) is 1.96. The summed E-state index contributed by atoms with van der Waals surface area (Å²) in [5, 5.41) is 2.96. The van der Waals surface area contributed by atoms with Crippen molar-refractivity contribution < 1.29 is 9.63 Å². The molecule has 0 aromatic heterocycles. The lowest BCUT2D eigenvalue weighted by Gasteiger charge is -2.37. The highest BCUT2D eigenvalue weighted by atomic mass is 16.7. The van der Waals surface area contributed by atoms with Gasteiger partial charge >= 0.3 is 0 Å². The molecule has 1 amide bonds. The van der Waals surface area contributed by atoms with Crippen molar-refractivity contribution in [3.05, 3.63) is 11.8 Å². The number of likely N-dealkylation sites (N-methyl/N-ethyl adjacent to an activating group) is 1. The van der Waals surface area contributed by atoms with Crippen LogP contribution in [0.3, 0.4) is 0 Å². The van der Waals surface area contributed by atoms with Gasteiger partial charge in [0.1, 0.15) is 11.9 Å². The number of nitrogens with one attached hydrogen (secondary N) is 2. The Morgan fingerprint density at radius 3 is 2.30 bits per heavy atom. The van der Waals surface area contributed by atoms with Gasteiger partial charge in [-0.2, -0.15) is 0 Å². The van der Waals surface area contributed by atoms with E-state index in [-0.39, 0.29) is 17.5 Å². The van der Waals surface area contributed by atoms with Crippen molar-refractivity contribution in [2.75, 3.05) is 7.05 Å². The second kappa shape index (κ2) is 5.74. The lowest BCUT2D eigenvalue weighted by molar-refractivity contribution is -0.133. The minimum Gasteiger partial charge on any atom is -0.410 e. The number of hydrogen-bond donors (Lipinski definition) is 2. The van der Waals surface area contributed by atoms with Crippen molar-refractivity contribution in [3.8, 4) is 0 Å². The molecule has 0 aliphatic carbocycles. The first kappa shape index (κ1) is 17.0. The van der Waals surface area contributed by atoms with E-state index in [0.29, 0.717) is 6.04 Å². The summed E-state index contributed by atoms with van der Waals surface area (Å²) < 4.78 is 0. The molecule has 0 fully saturated rings. The molecule has 1 heterocycles. The molecule has 0 spiro atoms. The predicted octanol–water partition coefficient (Wildman–Crippen LogP) is 2.01. The van der Waals surface area contributed by atoms with Gasteiger partial charge in [0.15, 0.2) is 0 Å². The standard InChI is InChI=1S/C15H29N3O2/c1-10(2)18(8)15(6,7)13(19)16-12-9-11(20-17-12)14(3,4)5/h9-10,12,17H,1-8H3,(H,16,19). The molecule has 0 aromatic rings. The number of hydroxylamine groups is 1. The maximum atomic E-state index is 12.4. The van der Waals surface area contributed by atoms with E-state index >= 15 is 0 Å². The Hall–Kier alpha value is -1.07. The van der Waals surface area contributed by atoms with E-state index in [4.69, 9.17) is 4.84 Å². The van der Waals surface area contributed by atoms with Crippen LogP contribution in [0, 0.1) is 5.41 Å². The summed E-state index contributed by atoms with van der Waals surface area (Å²) in [6.07, 6.45) is 1.64. The zero-order chi connectivity index (χ0) is 15.7. The number of amides is 1. The molecule has 0 saturated carbocycles. The second-order valence-electron chi connectivity index (χ2n) is 7.22. The van der Waals surface area contributed by atoms with Crippen molar-refractivity contribution in [3.63, 3.8) is 0 Å². The molecule has 20 heavy (non-hydrogen) atoms. The minimum absolute atomic E-state index is 0.0267. The number of hydrogen-bond acceptors (Lipinski definition) is 4. The quantitative estimate of drug-likeness (QED) is 0.829. The maximum absolute atomic E-state index is 12.4. The van der Waals surface area contributed by atoms with E-state index in [1.54, 1.807) is 0 Å². The number of rotatable bonds is 4. The van der Waals surface area contributed by atoms with Gasteiger partial charge in [-0.3, -0.25) is 9.69 Å². The summed E-state index contributed by atoms with van der Waals surface area (Å²) in [6, 6.07) is 0.296. The lowest BCUT2D eigenvalue weighted by Crippen LogP contribution is -2.58. The van der Waals surface area contributed by atoms with Crippen LogP contribution in [0.15, 0.2) is 11.8 Å². The van der Waals surface area contributed by atoms with Crippen molar-refractivity contribution >= 4 is 5.91 Å². The number of carbonyl (C=O) groups excluding carboxylic acids is 1. The van der Waals surface area contributed by atoms with Gasteiger partial charge in [-0.15, -0.1) is 5.48 Å². The topological polar surface area (TPSA) is 53.6 Å². The third-order valence-corrected chi connectivity index (χ3v) is 3.85. The van der Waals surface area contributed by atoms with Crippen LogP contribution in [-0.2, 0) is 9.63 Å². The van der Waals surface area contributed by atoms with E-state index in [1.807, 2.05) is 31.9 Å². The van der Waals surface area contributed by atoms with Gasteiger partial charge in [0.05, 0.1) is 5.54 Å². The molecule has 1 aliphatic heterocycles. The van der Waals surface area contributed by atoms with Crippen LogP contribution < -0.4 is 10.8 Å². The molecule has 0 aromatic carbocycles. The Labute approximate surface area is 122 Å². The largest absolute Gasteiger partial charge is 0.410 e. The first-order chi connectivity index (χ1) is 8.96. The molecule has 5 nitrogen and oxygen atoms in total. The third-order valence-electron chi connectivity index (χ3n) is 3.85.